The number of benzene rings is 3. The summed E-state index contributed by atoms with van der Waals surface area (Å²) in [7, 11) is 0. The van der Waals surface area contributed by atoms with Crippen molar-refractivity contribution >= 4 is 40.8 Å². The molecule has 0 bridgehead atoms. The van der Waals surface area contributed by atoms with E-state index in [1.807, 2.05) is 66.7 Å². The third-order valence-corrected chi connectivity index (χ3v) is 6.51. The van der Waals surface area contributed by atoms with Crippen molar-refractivity contribution < 1.29 is 14.5 Å². The number of para-hydroxylation sites is 2. The Kier molecular flexibility index (Phi) is 8.42. The number of amides is 3. The Balaban J connectivity index is 1.55. The fraction of sp³-hybridized carbons (Fsp3) is 0.185. The fourth-order valence-electron chi connectivity index (χ4n) is 4.16. The van der Waals surface area contributed by atoms with Crippen LogP contribution in [0.1, 0.15) is 17.5 Å². The van der Waals surface area contributed by atoms with Crippen LogP contribution in [0.15, 0.2) is 90.1 Å². The van der Waals surface area contributed by atoms with Gasteiger partial charge in [0.15, 0.2) is 0 Å². The van der Waals surface area contributed by atoms with Crippen LogP contribution in [0, 0.1) is 10.1 Å². The van der Waals surface area contributed by atoms with Crippen LogP contribution in [-0.4, -0.2) is 29.2 Å². The van der Waals surface area contributed by atoms with Gasteiger partial charge in [0.05, 0.1) is 11.5 Å². The summed E-state index contributed by atoms with van der Waals surface area (Å²) in [5.74, 6) is -0.204. The molecule has 1 aliphatic heterocycles. The lowest BCUT2D eigenvalue weighted by Crippen LogP contribution is -2.49. The number of nitrogens with one attached hydrogen (secondary N) is 3. The normalized spacial score (nSPS) is 15.4. The van der Waals surface area contributed by atoms with Crippen LogP contribution in [0.3, 0.4) is 0 Å². The Labute approximate surface area is 219 Å². The lowest BCUT2D eigenvalue weighted by atomic mass is 10.1. The second kappa shape index (κ2) is 12.1. The van der Waals surface area contributed by atoms with E-state index in [1.165, 1.54) is 11.8 Å². The maximum absolute atomic E-state index is 13.7. The lowest BCUT2D eigenvalue weighted by molar-refractivity contribution is -0.402. The number of thioether (sulfide) groups is 1. The summed E-state index contributed by atoms with van der Waals surface area (Å²) in [6.07, 6.45) is 3.78. The van der Waals surface area contributed by atoms with Gasteiger partial charge in [0.1, 0.15) is 11.1 Å². The summed E-state index contributed by atoms with van der Waals surface area (Å²) in [4.78, 5) is 38.5. The minimum absolute atomic E-state index is 0.204. The smallest absolute Gasteiger partial charge is 0.319 e. The average molecular weight is 518 g/mol. The molecule has 3 amide bonds. The summed E-state index contributed by atoms with van der Waals surface area (Å²) in [6, 6.07) is 23.0. The fourth-order valence-corrected chi connectivity index (χ4v) is 4.58. The summed E-state index contributed by atoms with van der Waals surface area (Å²) in [6.45, 7) is 0.275. The Morgan fingerprint density at radius 2 is 1.78 bits per heavy atom. The number of hydrogen-bond acceptors (Lipinski definition) is 6. The zero-order valence-electron chi connectivity index (χ0n) is 20.2. The van der Waals surface area contributed by atoms with Crippen molar-refractivity contribution in [3.63, 3.8) is 0 Å². The van der Waals surface area contributed by atoms with Gasteiger partial charge in [-0.1, -0.05) is 48.5 Å². The van der Waals surface area contributed by atoms with Crippen LogP contribution in [0.2, 0.25) is 0 Å². The van der Waals surface area contributed by atoms with E-state index in [0.717, 1.165) is 23.0 Å². The molecule has 0 aromatic heterocycles. The Morgan fingerprint density at radius 3 is 2.54 bits per heavy atom. The van der Waals surface area contributed by atoms with Crippen LogP contribution in [0.25, 0.3) is 0 Å². The molecule has 0 saturated heterocycles. The number of hydrogen-bond donors (Lipinski definition) is 3. The van der Waals surface area contributed by atoms with Gasteiger partial charge in [0, 0.05) is 17.1 Å². The van der Waals surface area contributed by atoms with Gasteiger partial charge in [0.25, 0.3) is 6.20 Å². The molecule has 1 heterocycles. The molecule has 1 unspecified atom stereocenters. The molecule has 3 aromatic carbocycles. The molecule has 1 aliphatic rings. The van der Waals surface area contributed by atoms with Crippen LogP contribution in [-0.2, 0) is 17.8 Å². The van der Waals surface area contributed by atoms with Crippen molar-refractivity contribution in [2.75, 3.05) is 21.8 Å². The molecule has 0 fully saturated rings. The highest BCUT2D eigenvalue weighted by molar-refractivity contribution is 8.02. The van der Waals surface area contributed by atoms with E-state index in [1.54, 1.807) is 23.3 Å². The number of aryl methyl sites for hydroxylation is 1. The molecule has 3 aromatic rings. The number of nitro groups is 1. The standard InChI is InChI=1S/C27H27N5O4S/c1-37-25(18-32(35)36)28-22-12-7-8-19(16-22)17-31-24-13-6-5-9-20(24)14-15-23(26(31)33)30-27(34)29-21-10-3-2-4-11-21/h2-13,16,18,23,28H,14-15,17H2,1H3,(H2,29,30,34). The Hall–Kier alpha value is -4.31. The van der Waals surface area contributed by atoms with Gasteiger partial charge in [0.2, 0.25) is 5.91 Å². The van der Waals surface area contributed by atoms with E-state index >= 15 is 0 Å². The molecule has 10 heteroatoms. The molecule has 0 radical (unpaired) electrons. The van der Waals surface area contributed by atoms with Gasteiger partial charge in [-0.2, -0.15) is 0 Å². The maximum Gasteiger partial charge on any atom is 0.319 e. The highest BCUT2D eigenvalue weighted by Crippen LogP contribution is 2.29. The molecular weight excluding hydrogens is 490 g/mol. The number of rotatable bonds is 8. The minimum Gasteiger partial charge on any atom is -0.345 e. The Bertz CT molecular complexity index is 1310. The van der Waals surface area contributed by atoms with Crippen LogP contribution < -0.4 is 20.9 Å². The van der Waals surface area contributed by atoms with Gasteiger partial charge in [-0.15, -0.1) is 11.8 Å². The third kappa shape index (κ3) is 6.89. The van der Waals surface area contributed by atoms with Gasteiger partial charge < -0.3 is 20.9 Å². The SMILES string of the molecule is CSC(=C[N+](=O)[O-])Nc1cccc(CN2C(=O)C(NC(=O)Nc3ccccc3)CCc3ccccc32)c1. The number of carbonyl (C=O) groups excluding carboxylic acids is 2. The van der Waals surface area contributed by atoms with Gasteiger partial charge in [-0.05, 0) is 60.6 Å². The number of nitrogens with zero attached hydrogens (tertiary/aromatic N) is 2. The maximum atomic E-state index is 13.7. The van der Waals surface area contributed by atoms with Crippen molar-refractivity contribution in [3.8, 4) is 0 Å². The molecule has 0 saturated carbocycles. The number of anilines is 3. The predicted molar refractivity (Wildman–Crippen MR) is 147 cm³/mol. The zero-order chi connectivity index (χ0) is 26.2. The van der Waals surface area contributed by atoms with Crippen molar-refractivity contribution in [1.29, 1.82) is 0 Å². The first kappa shape index (κ1) is 25.8. The second-order valence-electron chi connectivity index (χ2n) is 8.42. The monoisotopic (exact) mass is 517 g/mol. The largest absolute Gasteiger partial charge is 0.345 e. The highest BCUT2D eigenvalue weighted by Gasteiger charge is 2.31. The third-order valence-electron chi connectivity index (χ3n) is 5.86. The summed E-state index contributed by atoms with van der Waals surface area (Å²) in [5, 5.41) is 19.9. The lowest BCUT2D eigenvalue weighted by Gasteiger charge is -2.26. The van der Waals surface area contributed by atoms with E-state index in [4.69, 9.17) is 0 Å². The minimum atomic E-state index is -0.705. The van der Waals surface area contributed by atoms with Gasteiger partial charge >= 0.3 is 6.03 Å². The average Bonchev–Trinajstić information content (AvgIpc) is 3.01. The summed E-state index contributed by atoms with van der Waals surface area (Å²) >= 11 is 1.23. The van der Waals surface area contributed by atoms with E-state index in [0.29, 0.717) is 29.2 Å². The molecule has 9 nitrogen and oxygen atoms in total. The molecular formula is C27H27N5O4S. The highest BCUT2D eigenvalue weighted by atomic mass is 32.2. The molecule has 3 N–H and O–H groups in total. The van der Waals surface area contributed by atoms with Gasteiger partial charge in [-0.3, -0.25) is 14.9 Å². The Morgan fingerprint density at radius 1 is 1.05 bits per heavy atom. The van der Waals surface area contributed by atoms with Crippen molar-refractivity contribution in [3.05, 3.63) is 111 Å². The quantitative estimate of drug-likeness (QED) is 0.279. The van der Waals surface area contributed by atoms with E-state index < -0.39 is 17.0 Å². The molecule has 37 heavy (non-hydrogen) atoms. The summed E-state index contributed by atoms with van der Waals surface area (Å²) in [5.41, 5.74) is 3.98. The van der Waals surface area contributed by atoms with Crippen LogP contribution >= 0.6 is 11.8 Å². The molecule has 4 rings (SSSR count). The van der Waals surface area contributed by atoms with Gasteiger partial charge in [-0.25, -0.2) is 4.79 Å². The van der Waals surface area contributed by atoms with E-state index in [-0.39, 0.29) is 12.5 Å². The molecule has 0 spiro atoms. The number of carbonyl (C=O) groups is 2. The zero-order valence-corrected chi connectivity index (χ0v) is 21.0. The molecule has 190 valence electrons. The topological polar surface area (TPSA) is 117 Å². The van der Waals surface area contributed by atoms with Crippen molar-refractivity contribution in [2.24, 2.45) is 0 Å². The summed E-state index contributed by atoms with van der Waals surface area (Å²) < 4.78 is 0. The second-order valence-corrected chi connectivity index (χ2v) is 9.27. The van der Waals surface area contributed by atoms with Crippen LogP contribution in [0.5, 0.6) is 0 Å². The van der Waals surface area contributed by atoms with Crippen LogP contribution in [0.4, 0.5) is 21.9 Å². The molecule has 0 aliphatic carbocycles. The number of fused-ring (bicyclic) bond motifs is 1. The van der Waals surface area contributed by atoms with Crippen molar-refractivity contribution in [2.45, 2.75) is 25.4 Å². The first-order chi connectivity index (χ1) is 17.9. The van der Waals surface area contributed by atoms with E-state index in [2.05, 4.69) is 16.0 Å². The first-order valence-electron chi connectivity index (χ1n) is 11.7. The van der Waals surface area contributed by atoms with E-state index in [9.17, 15) is 19.7 Å². The van der Waals surface area contributed by atoms with Crippen molar-refractivity contribution in [1.82, 2.24) is 5.32 Å². The molecule has 1 atom stereocenters. The number of urea groups is 1. The first-order valence-corrected chi connectivity index (χ1v) is 12.9. The predicted octanol–water partition coefficient (Wildman–Crippen LogP) is 5.21.